The Kier molecular flexibility index (Phi) is 5.52. The molecule has 1 aromatic carbocycles. The van der Waals surface area contributed by atoms with Gasteiger partial charge < -0.3 is 5.32 Å². The third kappa shape index (κ3) is 3.85. The number of nitrogens with one attached hydrogen (secondary N) is 1. The predicted molar refractivity (Wildman–Crippen MR) is 112 cm³/mol. The van der Waals surface area contributed by atoms with Crippen molar-refractivity contribution >= 4 is 55.3 Å². The number of nitrogens with zero attached hydrogens (tertiary/aromatic N) is 2. The third-order valence-electron chi connectivity index (χ3n) is 4.44. The van der Waals surface area contributed by atoms with Crippen molar-refractivity contribution in [1.29, 1.82) is 0 Å². The molecule has 3 aromatic rings. The normalized spacial score (nSPS) is 17.7. The number of carbonyl (C=O) groups excluding carboxylic acids is 1. The van der Waals surface area contributed by atoms with Crippen molar-refractivity contribution in [3.05, 3.63) is 52.2 Å². The number of amides is 1. The van der Waals surface area contributed by atoms with E-state index in [0.29, 0.717) is 29.5 Å². The molecule has 1 fully saturated rings. The van der Waals surface area contributed by atoms with Gasteiger partial charge in [0.25, 0.3) is 10.0 Å². The Morgan fingerprint density at radius 2 is 2.00 bits per heavy atom. The number of benzene rings is 1. The van der Waals surface area contributed by atoms with E-state index in [1.165, 1.54) is 15.6 Å². The standard InChI is InChI=1S/C18H16ClN3O3S3/c19-13-7-5-12(6-8-13)14-11-27-18(20-14)21-17(23)15-3-1-9-22(15)28(24,25)16-4-2-10-26-16/h2,4-8,10-11,15H,1,3,9H2,(H,20,21,23). The van der Waals surface area contributed by atoms with Crippen LogP contribution in [0.5, 0.6) is 0 Å². The van der Waals surface area contributed by atoms with Gasteiger partial charge in [-0.1, -0.05) is 29.8 Å². The summed E-state index contributed by atoms with van der Waals surface area (Å²) in [5, 5.41) is 7.41. The molecular weight excluding hydrogens is 438 g/mol. The second-order valence-corrected chi connectivity index (χ2v) is 10.6. The summed E-state index contributed by atoms with van der Waals surface area (Å²) < 4.78 is 27.2. The fraction of sp³-hybridized carbons (Fsp3) is 0.222. The molecule has 1 aliphatic rings. The van der Waals surface area contributed by atoms with Crippen LogP contribution in [0.2, 0.25) is 5.02 Å². The summed E-state index contributed by atoms with van der Waals surface area (Å²) in [6.07, 6.45) is 1.14. The molecule has 1 N–H and O–H groups in total. The van der Waals surface area contributed by atoms with Crippen LogP contribution in [0, 0.1) is 0 Å². The van der Waals surface area contributed by atoms with Crippen LogP contribution in [-0.2, 0) is 14.8 Å². The van der Waals surface area contributed by atoms with Crippen molar-refractivity contribution in [1.82, 2.24) is 9.29 Å². The van der Waals surface area contributed by atoms with Crippen LogP contribution in [0.15, 0.2) is 51.4 Å². The second kappa shape index (κ2) is 7.92. The molecule has 1 amide bonds. The monoisotopic (exact) mass is 453 g/mol. The first-order valence-corrected chi connectivity index (χ1v) is 12.1. The van der Waals surface area contributed by atoms with Crippen LogP contribution < -0.4 is 5.32 Å². The molecule has 2 aromatic heterocycles. The van der Waals surface area contributed by atoms with Crippen molar-refractivity contribution in [3.8, 4) is 11.3 Å². The van der Waals surface area contributed by atoms with Crippen molar-refractivity contribution in [2.45, 2.75) is 23.1 Å². The molecule has 146 valence electrons. The van der Waals surface area contributed by atoms with Gasteiger partial charge in [0.2, 0.25) is 5.91 Å². The van der Waals surface area contributed by atoms with E-state index in [0.717, 1.165) is 22.6 Å². The molecule has 4 rings (SSSR count). The van der Waals surface area contributed by atoms with E-state index in [2.05, 4.69) is 10.3 Å². The van der Waals surface area contributed by atoms with E-state index in [9.17, 15) is 13.2 Å². The second-order valence-electron chi connectivity index (χ2n) is 6.24. The van der Waals surface area contributed by atoms with Gasteiger partial charge in [-0.2, -0.15) is 4.31 Å². The Bertz CT molecular complexity index is 1080. The molecule has 0 bridgehead atoms. The summed E-state index contributed by atoms with van der Waals surface area (Å²) in [6, 6.07) is 9.80. The van der Waals surface area contributed by atoms with Gasteiger partial charge in [0.05, 0.1) is 5.69 Å². The van der Waals surface area contributed by atoms with Crippen LogP contribution >= 0.6 is 34.3 Å². The maximum atomic E-state index is 12.8. The van der Waals surface area contributed by atoms with Gasteiger partial charge in [0.1, 0.15) is 10.3 Å². The number of sulfonamides is 1. The highest BCUT2D eigenvalue weighted by molar-refractivity contribution is 7.91. The summed E-state index contributed by atoms with van der Waals surface area (Å²) in [6.45, 7) is 0.339. The number of thiazole rings is 1. The largest absolute Gasteiger partial charge is 0.301 e. The first-order chi connectivity index (χ1) is 13.4. The molecule has 28 heavy (non-hydrogen) atoms. The zero-order valence-electron chi connectivity index (χ0n) is 14.5. The van der Waals surface area contributed by atoms with Gasteiger partial charge in [-0.05, 0) is 36.4 Å². The molecule has 1 atom stereocenters. The number of hydrogen-bond donors (Lipinski definition) is 1. The molecule has 10 heteroatoms. The topological polar surface area (TPSA) is 79.4 Å². The molecule has 1 aliphatic heterocycles. The number of rotatable bonds is 5. The Balaban J connectivity index is 1.50. The molecule has 3 heterocycles. The smallest absolute Gasteiger partial charge is 0.253 e. The van der Waals surface area contributed by atoms with E-state index >= 15 is 0 Å². The van der Waals surface area contributed by atoms with Gasteiger partial charge in [-0.15, -0.1) is 22.7 Å². The lowest BCUT2D eigenvalue weighted by molar-refractivity contribution is -0.119. The maximum Gasteiger partial charge on any atom is 0.253 e. The summed E-state index contributed by atoms with van der Waals surface area (Å²) >= 11 is 8.36. The van der Waals surface area contributed by atoms with E-state index < -0.39 is 16.1 Å². The van der Waals surface area contributed by atoms with Crippen molar-refractivity contribution in [2.24, 2.45) is 0 Å². The SMILES string of the molecule is O=C(Nc1nc(-c2ccc(Cl)cc2)cs1)C1CCCN1S(=O)(=O)c1cccs1. The van der Waals surface area contributed by atoms with Crippen LogP contribution in [0.3, 0.4) is 0 Å². The number of aromatic nitrogens is 1. The average molecular weight is 454 g/mol. The molecule has 1 saturated heterocycles. The van der Waals surface area contributed by atoms with E-state index in [4.69, 9.17) is 11.6 Å². The summed E-state index contributed by atoms with van der Waals surface area (Å²) in [4.78, 5) is 17.2. The van der Waals surface area contributed by atoms with Crippen molar-refractivity contribution in [3.63, 3.8) is 0 Å². The lowest BCUT2D eigenvalue weighted by Crippen LogP contribution is -2.42. The molecular formula is C18H16ClN3O3S3. The van der Waals surface area contributed by atoms with Crippen LogP contribution in [0.4, 0.5) is 5.13 Å². The molecule has 1 unspecified atom stereocenters. The minimum atomic E-state index is -3.66. The highest BCUT2D eigenvalue weighted by Gasteiger charge is 2.40. The molecule has 0 saturated carbocycles. The highest BCUT2D eigenvalue weighted by atomic mass is 35.5. The Labute approximate surface area is 175 Å². The minimum Gasteiger partial charge on any atom is -0.301 e. The fourth-order valence-corrected chi connectivity index (χ4v) is 6.71. The first-order valence-electron chi connectivity index (χ1n) is 8.53. The van der Waals surface area contributed by atoms with Crippen LogP contribution in [0.25, 0.3) is 11.3 Å². The lowest BCUT2D eigenvalue weighted by atomic mass is 10.2. The number of anilines is 1. The Hall–Kier alpha value is -1.78. The van der Waals surface area contributed by atoms with Crippen LogP contribution in [0.1, 0.15) is 12.8 Å². The highest BCUT2D eigenvalue weighted by Crippen LogP contribution is 2.30. The van der Waals surface area contributed by atoms with Crippen molar-refractivity contribution < 1.29 is 13.2 Å². The Morgan fingerprint density at radius 3 is 2.71 bits per heavy atom. The summed E-state index contributed by atoms with van der Waals surface area (Å²) in [5.41, 5.74) is 1.62. The number of carbonyl (C=O) groups is 1. The van der Waals surface area contributed by atoms with Gasteiger partial charge in [0, 0.05) is 22.5 Å². The van der Waals surface area contributed by atoms with E-state index in [1.807, 2.05) is 17.5 Å². The number of thiophene rings is 1. The number of halogens is 1. The Morgan fingerprint density at radius 1 is 1.21 bits per heavy atom. The number of hydrogen-bond acceptors (Lipinski definition) is 6. The molecule has 0 aliphatic carbocycles. The molecule has 6 nitrogen and oxygen atoms in total. The zero-order valence-corrected chi connectivity index (χ0v) is 17.7. The van der Waals surface area contributed by atoms with Crippen molar-refractivity contribution in [2.75, 3.05) is 11.9 Å². The van der Waals surface area contributed by atoms with E-state index in [-0.39, 0.29) is 10.1 Å². The van der Waals surface area contributed by atoms with Gasteiger partial charge in [-0.25, -0.2) is 13.4 Å². The maximum absolute atomic E-state index is 12.8. The lowest BCUT2D eigenvalue weighted by Gasteiger charge is -2.22. The molecule has 0 spiro atoms. The van der Waals surface area contributed by atoms with Gasteiger partial charge in [0.15, 0.2) is 5.13 Å². The summed E-state index contributed by atoms with van der Waals surface area (Å²) in [7, 11) is -3.66. The fourth-order valence-electron chi connectivity index (χ4n) is 3.09. The van der Waals surface area contributed by atoms with Gasteiger partial charge in [-0.3, -0.25) is 4.79 Å². The minimum absolute atomic E-state index is 0.256. The molecule has 0 radical (unpaired) electrons. The first kappa shape index (κ1) is 19.5. The third-order valence-corrected chi connectivity index (χ3v) is 8.73. The van der Waals surface area contributed by atoms with Gasteiger partial charge >= 0.3 is 0 Å². The van der Waals surface area contributed by atoms with E-state index in [1.54, 1.807) is 29.6 Å². The predicted octanol–water partition coefficient (Wildman–Crippen LogP) is 4.32. The zero-order chi connectivity index (χ0) is 19.7. The van der Waals surface area contributed by atoms with Crippen LogP contribution in [-0.4, -0.2) is 36.2 Å². The average Bonchev–Trinajstić information content (AvgIpc) is 3.43. The quantitative estimate of drug-likeness (QED) is 0.624. The summed E-state index contributed by atoms with van der Waals surface area (Å²) in [5.74, 6) is -0.352.